The zero-order chi connectivity index (χ0) is 13.9. The Balaban J connectivity index is 1.59. The molecule has 0 amide bonds. The maximum Gasteiger partial charge on any atom is 0.0239 e. The second kappa shape index (κ2) is 6.28. The largest absolute Gasteiger partial charge is 0.314 e. The molecule has 2 heteroatoms. The van der Waals surface area contributed by atoms with Gasteiger partial charge in [0.1, 0.15) is 0 Å². The number of nitrogens with one attached hydrogen (secondary N) is 1. The van der Waals surface area contributed by atoms with E-state index in [0.29, 0.717) is 0 Å². The van der Waals surface area contributed by atoms with Crippen LogP contribution in [0.1, 0.15) is 44.2 Å². The first kappa shape index (κ1) is 14.1. The van der Waals surface area contributed by atoms with E-state index >= 15 is 0 Å². The number of rotatable bonds is 6. The lowest BCUT2D eigenvalue weighted by molar-refractivity contribution is 0.256. The fraction of sp³-hybridized carbons (Fsp3) is 0.667. The van der Waals surface area contributed by atoms with E-state index < -0.39 is 0 Å². The zero-order valence-corrected chi connectivity index (χ0v) is 12.9. The Kier molecular flexibility index (Phi) is 4.42. The molecule has 0 radical (unpaired) electrons. The molecule has 1 heterocycles. The quantitative estimate of drug-likeness (QED) is 0.855. The minimum Gasteiger partial charge on any atom is -0.314 e. The van der Waals surface area contributed by atoms with Crippen LogP contribution >= 0.6 is 0 Å². The summed E-state index contributed by atoms with van der Waals surface area (Å²) in [5.74, 6) is 0.855. The minimum absolute atomic E-state index is 0.739. The first-order valence-corrected chi connectivity index (χ1v) is 8.26. The van der Waals surface area contributed by atoms with Crippen LogP contribution in [0.25, 0.3) is 0 Å². The molecule has 0 bridgehead atoms. The van der Waals surface area contributed by atoms with Crippen LogP contribution in [-0.2, 0) is 13.0 Å². The standard InChI is InChI=1S/C18H28N2/c1-14-11-15(2)20(12-14)13-17-6-4-3-5-16(17)9-10-19-18-7-8-18/h3-6,14-15,18-19H,7-13H2,1-2H3. The van der Waals surface area contributed by atoms with Crippen molar-refractivity contribution in [3.63, 3.8) is 0 Å². The first-order chi connectivity index (χ1) is 9.72. The van der Waals surface area contributed by atoms with Gasteiger partial charge in [0, 0.05) is 25.2 Å². The number of nitrogens with zero attached hydrogens (tertiary/aromatic N) is 1. The Labute approximate surface area is 123 Å². The van der Waals surface area contributed by atoms with Gasteiger partial charge >= 0.3 is 0 Å². The lowest BCUT2D eigenvalue weighted by Crippen LogP contribution is -2.27. The van der Waals surface area contributed by atoms with E-state index in [9.17, 15) is 0 Å². The summed E-state index contributed by atoms with van der Waals surface area (Å²) in [6, 6.07) is 10.6. The van der Waals surface area contributed by atoms with Gasteiger partial charge in [0.25, 0.3) is 0 Å². The van der Waals surface area contributed by atoms with Crippen molar-refractivity contribution < 1.29 is 0 Å². The van der Waals surface area contributed by atoms with Crippen LogP contribution in [0.2, 0.25) is 0 Å². The number of hydrogen-bond acceptors (Lipinski definition) is 2. The predicted octanol–water partition coefficient (Wildman–Crippen LogP) is 3.21. The Morgan fingerprint density at radius 1 is 1.15 bits per heavy atom. The van der Waals surface area contributed by atoms with Gasteiger partial charge in [0.05, 0.1) is 0 Å². The average molecular weight is 272 g/mol. The van der Waals surface area contributed by atoms with Crippen molar-refractivity contribution in [1.29, 1.82) is 0 Å². The molecule has 2 unspecified atom stereocenters. The van der Waals surface area contributed by atoms with Gasteiger partial charge in [-0.15, -0.1) is 0 Å². The molecule has 0 spiro atoms. The van der Waals surface area contributed by atoms with Gasteiger partial charge in [-0.25, -0.2) is 0 Å². The van der Waals surface area contributed by atoms with Crippen LogP contribution < -0.4 is 5.32 Å². The number of likely N-dealkylation sites (tertiary alicyclic amines) is 1. The molecule has 2 aliphatic rings. The summed E-state index contributed by atoms with van der Waals surface area (Å²) in [5.41, 5.74) is 3.07. The molecule has 1 N–H and O–H groups in total. The van der Waals surface area contributed by atoms with E-state index in [1.807, 2.05) is 0 Å². The van der Waals surface area contributed by atoms with Crippen molar-refractivity contribution in [3.05, 3.63) is 35.4 Å². The topological polar surface area (TPSA) is 15.3 Å². The smallest absolute Gasteiger partial charge is 0.0239 e. The summed E-state index contributed by atoms with van der Waals surface area (Å²) in [6.45, 7) is 8.28. The highest BCUT2D eigenvalue weighted by Crippen LogP contribution is 2.25. The van der Waals surface area contributed by atoms with Crippen LogP contribution in [0.5, 0.6) is 0 Å². The number of benzene rings is 1. The summed E-state index contributed by atoms with van der Waals surface area (Å²) >= 11 is 0. The van der Waals surface area contributed by atoms with E-state index in [2.05, 4.69) is 48.3 Å². The molecular formula is C18H28N2. The Morgan fingerprint density at radius 2 is 1.90 bits per heavy atom. The van der Waals surface area contributed by atoms with E-state index in [0.717, 1.165) is 31.1 Å². The zero-order valence-electron chi connectivity index (χ0n) is 12.9. The summed E-state index contributed by atoms with van der Waals surface area (Å²) in [6.07, 6.45) is 5.28. The molecule has 1 saturated heterocycles. The molecule has 1 aromatic rings. The lowest BCUT2D eigenvalue weighted by Gasteiger charge is -2.22. The van der Waals surface area contributed by atoms with Crippen LogP contribution in [0.15, 0.2) is 24.3 Å². The maximum atomic E-state index is 3.63. The van der Waals surface area contributed by atoms with Gasteiger partial charge in [-0.3, -0.25) is 4.90 Å². The highest BCUT2D eigenvalue weighted by Gasteiger charge is 2.26. The molecule has 1 saturated carbocycles. The van der Waals surface area contributed by atoms with Crippen molar-refractivity contribution >= 4 is 0 Å². The molecule has 1 aromatic carbocycles. The van der Waals surface area contributed by atoms with Crippen molar-refractivity contribution in [2.45, 2.75) is 58.2 Å². The minimum atomic E-state index is 0.739. The number of hydrogen-bond donors (Lipinski definition) is 1. The normalized spacial score (nSPS) is 27.1. The second-order valence-corrected chi connectivity index (χ2v) is 6.87. The Hall–Kier alpha value is -0.860. The van der Waals surface area contributed by atoms with Crippen LogP contribution in [-0.4, -0.2) is 30.1 Å². The molecule has 2 atom stereocenters. The summed E-state index contributed by atoms with van der Waals surface area (Å²) < 4.78 is 0. The maximum absolute atomic E-state index is 3.63. The summed E-state index contributed by atoms with van der Waals surface area (Å²) in [7, 11) is 0. The SMILES string of the molecule is CC1CC(C)N(Cc2ccccc2CCNC2CC2)C1. The molecule has 1 aliphatic carbocycles. The van der Waals surface area contributed by atoms with Crippen molar-refractivity contribution in [2.75, 3.05) is 13.1 Å². The second-order valence-electron chi connectivity index (χ2n) is 6.87. The third-order valence-electron chi connectivity index (χ3n) is 4.81. The lowest BCUT2D eigenvalue weighted by atomic mass is 10.0. The van der Waals surface area contributed by atoms with Gasteiger partial charge in [0.2, 0.25) is 0 Å². The van der Waals surface area contributed by atoms with E-state index in [4.69, 9.17) is 0 Å². The van der Waals surface area contributed by atoms with Crippen molar-refractivity contribution in [3.8, 4) is 0 Å². The van der Waals surface area contributed by atoms with Crippen LogP contribution in [0, 0.1) is 5.92 Å². The van der Waals surface area contributed by atoms with Crippen molar-refractivity contribution in [2.24, 2.45) is 5.92 Å². The predicted molar refractivity (Wildman–Crippen MR) is 84.8 cm³/mol. The molecule has 0 aromatic heterocycles. The first-order valence-electron chi connectivity index (χ1n) is 8.26. The monoisotopic (exact) mass is 272 g/mol. The van der Waals surface area contributed by atoms with E-state index in [1.54, 1.807) is 0 Å². The van der Waals surface area contributed by atoms with Crippen LogP contribution in [0.3, 0.4) is 0 Å². The molecule has 1 aliphatic heterocycles. The highest BCUT2D eigenvalue weighted by atomic mass is 15.2. The Bertz CT molecular complexity index is 439. The fourth-order valence-corrected chi connectivity index (χ4v) is 3.48. The van der Waals surface area contributed by atoms with Crippen molar-refractivity contribution in [1.82, 2.24) is 10.2 Å². The summed E-state index contributed by atoms with van der Waals surface area (Å²) in [4.78, 5) is 2.65. The molecule has 2 nitrogen and oxygen atoms in total. The fourth-order valence-electron chi connectivity index (χ4n) is 3.48. The summed E-state index contributed by atoms with van der Waals surface area (Å²) in [5, 5.41) is 3.63. The van der Waals surface area contributed by atoms with Gasteiger partial charge in [-0.05, 0) is 56.2 Å². The van der Waals surface area contributed by atoms with Gasteiger partial charge in [-0.1, -0.05) is 31.2 Å². The Morgan fingerprint density at radius 3 is 2.55 bits per heavy atom. The average Bonchev–Trinajstić information content (AvgIpc) is 3.18. The van der Waals surface area contributed by atoms with Gasteiger partial charge in [-0.2, -0.15) is 0 Å². The third-order valence-corrected chi connectivity index (χ3v) is 4.81. The van der Waals surface area contributed by atoms with Gasteiger partial charge in [0.15, 0.2) is 0 Å². The van der Waals surface area contributed by atoms with Gasteiger partial charge < -0.3 is 5.32 Å². The third kappa shape index (κ3) is 3.62. The molecule has 2 fully saturated rings. The molecule has 110 valence electrons. The van der Waals surface area contributed by atoms with E-state index in [1.165, 1.54) is 43.4 Å². The van der Waals surface area contributed by atoms with E-state index in [-0.39, 0.29) is 0 Å². The van der Waals surface area contributed by atoms with Crippen LogP contribution in [0.4, 0.5) is 0 Å². The molecular weight excluding hydrogens is 244 g/mol. The molecule has 20 heavy (non-hydrogen) atoms. The molecule has 3 rings (SSSR count). The highest BCUT2D eigenvalue weighted by molar-refractivity contribution is 5.27.